The first-order valence-corrected chi connectivity index (χ1v) is 25.9. The lowest BCUT2D eigenvalue weighted by Gasteiger charge is -2.21. The Kier molecular flexibility index (Phi) is 13.4. The lowest BCUT2D eigenvalue weighted by molar-refractivity contribution is 0.0487. The van der Waals surface area contributed by atoms with Crippen molar-refractivity contribution in [2.75, 3.05) is 23.2 Å². The lowest BCUT2D eigenvalue weighted by Crippen LogP contribution is -2.14. The van der Waals surface area contributed by atoms with Crippen molar-refractivity contribution in [2.45, 2.75) is 51.4 Å². The highest BCUT2D eigenvalue weighted by Crippen LogP contribution is 2.41. The van der Waals surface area contributed by atoms with E-state index in [1.165, 1.54) is 0 Å². The van der Waals surface area contributed by atoms with Crippen molar-refractivity contribution in [3.05, 3.63) is 215 Å². The van der Waals surface area contributed by atoms with E-state index in [1.54, 1.807) is 0 Å². The van der Waals surface area contributed by atoms with Crippen LogP contribution in [0.25, 0.3) is 44.3 Å². The van der Waals surface area contributed by atoms with Gasteiger partial charge in [-0.2, -0.15) is 41.0 Å². The minimum absolute atomic E-state index is 0.330. The number of hydrogen-bond donors (Lipinski definition) is 2. The van der Waals surface area contributed by atoms with Crippen LogP contribution in [0.3, 0.4) is 0 Å². The van der Waals surface area contributed by atoms with Gasteiger partial charge >= 0.3 is 11.9 Å². The maximum absolute atomic E-state index is 13.4. The highest BCUT2D eigenvalue weighted by molar-refractivity contribution is 6.26. The smallest absolute Gasteiger partial charge is 0.338 e. The molecule has 14 heteroatoms. The number of para-hydroxylation sites is 2. The summed E-state index contributed by atoms with van der Waals surface area (Å²) in [4.78, 5) is 26.8. The second kappa shape index (κ2) is 21.5. The molecular formula is C62H52N10O4. The van der Waals surface area contributed by atoms with E-state index in [9.17, 15) is 9.59 Å². The Morgan fingerprint density at radius 1 is 0.355 bits per heavy atom. The molecule has 0 saturated carbocycles. The van der Waals surface area contributed by atoms with Gasteiger partial charge in [-0.25, -0.2) is 19.6 Å². The first-order valence-electron chi connectivity index (χ1n) is 25.9. The van der Waals surface area contributed by atoms with Gasteiger partial charge in [-0.3, -0.25) is 0 Å². The summed E-state index contributed by atoms with van der Waals surface area (Å²) in [5.41, 5.74) is 16.9. The van der Waals surface area contributed by atoms with Crippen molar-refractivity contribution in [1.82, 2.24) is 30.8 Å². The average molecular weight is 1000 g/mol. The molecule has 2 aliphatic rings. The first kappa shape index (κ1) is 47.4. The molecule has 76 heavy (non-hydrogen) atoms. The largest absolute Gasteiger partial charge is 0.462 e. The van der Waals surface area contributed by atoms with E-state index < -0.39 is 0 Å². The van der Waals surface area contributed by atoms with Gasteiger partial charge in [0, 0.05) is 22.3 Å². The molecule has 2 aromatic heterocycles. The molecule has 0 fully saturated rings. The third-order valence-corrected chi connectivity index (χ3v) is 14.0. The SMILES string of the molecule is O=C(OCCCCCCCCCCOC(=O)c1ccc2c(c1)-c1ccccc1/C2=N\N(c1ccccc1)c1ccc2n[nH]nc2c1)c1ccc2c(c1)-c1ccccc1/C2=N\N(c1ccccc1)c1ccc2n[nH]nc2c1. The molecule has 8 aromatic carbocycles. The summed E-state index contributed by atoms with van der Waals surface area (Å²) in [5.74, 6) is -0.660. The Balaban J connectivity index is 0.599. The number of unbranched alkanes of at least 4 members (excludes halogenated alkanes) is 7. The molecular weight excluding hydrogens is 949 g/mol. The molecule has 2 heterocycles. The highest BCUT2D eigenvalue weighted by Gasteiger charge is 2.29. The van der Waals surface area contributed by atoms with E-state index >= 15 is 0 Å². The highest BCUT2D eigenvalue weighted by atomic mass is 16.5. The molecule has 2 aliphatic carbocycles. The van der Waals surface area contributed by atoms with Crippen LogP contribution in [0.15, 0.2) is 192 Å². The number of carbonyl (C=O) groups excluding carboxylic acids is 2. The third kappa shape index (κ3) is 9.71. The van der Waals surface area contributed by atoms with Gasteiger partial charge < -0.3 is 9.47 Å². The Bertz CT molecular complexity index is 3560. The fraction of sp³-hybridized carbons (Fsp3) is 0.161. The van der Waals surface area contributed by atoms with Crippen LogP contribution in [0, 0.1) is 0 Å². The number of hydrazone groups is 2. The summed E-state index contributed by atoms with van der Waals surface area (Å²) < 4.78 is 11.6. The molecule has 0 radical (unpaired) electrons. The molecule has 12 rings (SSSR count). The van der Waals surface area contributed by atoms with E-state index in [4.69, 9.17) is 19.7 Å². The van der Waals surface area contributed by atoms with Crippen LogP contribution in [-0.4, -0.2) is 67.4 Å². The number of nitrogens with zero attached hydrogens (tertiary/aromatic N) is 8. The number of rotatable bonds is 19. The summed E-state index contributed by atoms with van der Waals surface area (Å²) in [7, 11) is 0. The van der Waals surface area contributed by atoms with Crippen molar-refractivity contribution in [3.8, 4) is 22.3 Å². The zero-order valence-corrected chi connectivity index (χ0v) is 41.6. The summed E-state index contributed by atoms with van der Waals surface area (Å²) in [6.45, 7) is 0.736. The van der Waals surface area contributed by atoms with Gasteiger partial charge in [0.1, 0.15) is 22.1 Å². The second-order valence-corrected chi connectivity index (χ2v) is 18.9. The molecule has 10 aromatic rings. The number of aromatic amines is 2. The molecule has 0 atom stereocenters. The van der Waals surface area contributed by atoms with Gasteiger partial charge in [-0.05, 0) is 120 Å². The molecule has 0 amide bonds. The monoisotopic (exact) mass is 1000 g/mol. The van der Waals surface area contributed by atoms with Crippen LogP contribution in [0.1, 0.15) is 94.3 Å². The number of H-pyrrole nitrogens is 2. The summed E-state index contributed by atoms with van der Waals surface area (Å²) in [6, 6.07) is 59.6. The van der Waals surface area contributed by atoms with Crippen molar-refractivity contribution >= 4 is 68.2 Å². The van der Waals surface area contributed by atoms with Crippen LogP contribution < -0.4 is 10.0 Å². The van der Waals surface area contributed by atoms with E-state index in [0.29, 0.717) is 24.3 Å². The molecule has 0 bridgehead atoms. The predicted molar refractivity (Wildman–Crippen MR) is 297 cm³/mol. The first-order chi connectivity index (χ1) is 37.5. The minimum atomic E-state index is -0.330. The number of ether oxygens (including phenoxy) is 2. The Morgan fingerprint density at radius 3 is 1.16 bits per heavy atom. The molecule has 0 spiro atoms. The quantitative estimate of drug-likeness (QED) is 0.0452. The normalized spacial score (nSPS) is 13.2. The van der Waals surface area contributed by atoms with E-state index in [1.807, 2.05) is 168 Å². The average Bonchev–Trinajstić information content (AvgIpc) is 4.31. The summed E-state index contributed by atoms with van der Waals surface area (Å²) >= 11 is 0. The lowest BCUT2D eigenvalue weighted by atomic mass is 10.0. The molecule has 14 nitrogen and oxygen atoms in total. The van der Waals surface area contributed by atoms with Gasteiger partial charge in [0.15, 0.2) is 0 Å². The second-order valence-electron chi connectivity index (χ2n) is 18.9. The molecule has 0 unspecified atom stereocenters. The number of anilines is 4. The number of hydrogen-bond acceptors (Lipinski definition) is 12. The summed E-state index contributed by atoms with van der Waals surface area (Å²) in [6.07, 6.45) is 7.89. The van der Waals surface area contributed by atoms with Crippen LogP contribution in [0.5, 0.6) is 0 Å². The topological polar surface area (TPSA) is 167 Å². The zero-order valence-electron chi connectivity index (χ0n) is 41.6. The van der Waals surface area contributed by atoms with Gasteiger partial charge in [-0.1, -0.05) is 136 Å². The minimum Gasteiger partial charge on any atom is -0.462 e. The summed E-state index contributed by atoms with van der Waals surface area (Å²) in [5, 5.41) is 36.9. The molecule has 2 N–H and O–H groups in total. The number of esters is 2. The van der Waals surface area contributed by atoms with Crippen LogP contribution in [0.2, 0.25) is 0 Å². The van der Waals surface area contributed by atoms with E-state index in [-0.39, 0.29) is 11.9 Å². The van der Waals surface area contributed by atoms with E-state index in [0.717, 1.165) is 152 Å². The van der Waals surface area contributed by atoms with Gasteiger partial charge in [0.2, 0.25) is 0 Å². The van der Waals surface area contributed by atoms with Crippen molar-refractivity contribution in [2.24, 2.45) is 10.2 Å². The van der Waals surface area contributed by atoms with E-state index in [2.05, 4.69) is 55.1 Å². The molecule has 0 aliphatic heterocycles. The van der Waals surface area contributed by atoms with Crippen LogP contribution in [0.4, 0.5) is 22.7 Å². The third-order valence-electron chi connectivity index (χ3n) is 14.0. The number of fused-ring (bicyclic) bond motifs is 8. The number of nitrogens with one attached hydrogen (secondary N) is 2. The van der Waals surface area contributed by atoms with Crippen LogP contribution in [-0.2, 0) is 9.47 Å². The van der Waals surface area contributed by atoms with Crippen LogP contribution >= 0.6 is 0 Å². The zero-order chi connectivity index (χ0) is 51.2. The fourth-order valence-corrected chi connectivity index (χ4v) is 10.1. The Hall–Kier alpha value is -9.56. The van der Waals surface area contributed by atoms with Gasteiger partial charge in [0.05, 0.1) is 58.5 Å². The van der Waals surface area contributed by atoms with Crippen molar-refractivity contribution in [1.29, 1.82) is 0 Å². The fourth-order valence-electron chi connectivity index (χ4n) is 10.1. The Labute approximate surface area is 438 Å². The number of benzene rings is 8. The maximum Gasteiger partial charge on any atom is 0.338 e. The number of carbonyl (C=O) groups is 2. The van der Waals surface area contributed by atoms with Crippen molar-refractivity contribution in [3.63, 3.8) is 0 Å². The van der Waals surface area contributed by atoms with Gasteiger partial charge in [0.25, 0.3) is 0 Å². The Morgan fingerprint density at radius 2 is 0.724 bits per heavy atom. The molecule has 374 valence electrons. The maximum atomic E-state index is 13.4. The standard InChI is InChI=1S/C62H52N10O4/c73-61(41-27-31-51-53(37-41)47-23-13-15-25-49(47)59(51)67-71(43-19-9-7-10-20-43)45-29-33-55-57(39-45)65-69-63-55)75-35-17-5-3-1-2-4-6-18-36-76-62(74)42-28-32-52-54(38-42)48-24-14-16-26-50(48)60(52)68-72(44-21-11-8-12-22-44)46-30-34-56-58(40-46)66-70-64-56/h7-16,19-34,37-40H,1-6,17-18,35-36H2,(H,63,65,69)(H,64,66,70)/b67-59+,68-60+. The number of aromatic nitrogens is 6. The molecule has 0 saturated heterocycles. The van der Waals surface area contributed by atoms with Crippen molar-refractivity contribution < 1.29 is 19.1 Å². The van der Waals surface area contributed by atoms with Gasteiger partial charge in [-0.15, -0.1) is 0 Å². The predicted octanol–water partition coefficient (Wildman–Crippen LogP) is 13.5.